The number of fused-ring (bicyclic) bond motifs is 2. The van der Waals surface area contributed by atoms with Gasteiger partial charge in [0.05, 0.1) is 5.02 Å². The minimum atomic E-state index is -0.530. The highest BCUT2D eigenvalue weighted by Crippen LogP contribution is 2.38. The fraction of sp³-hybridized carbons (Fsp3) is 0.500. The number of halogens is 2. The molecule has 1 aromatic rings. The summed E-state index contributed by atoms with van der Waals surface area (Å²) in [7, 11) is 0. The van der Waals surface area contributed by atoms with Gasteiger partial charge >= 0.3 is 0 Å². The molecule has 1 amide bonds. The minimum Gasteiger partial charge on any atom is -0.479 e. The van der Waals surface area contributed by atoms with Crippen LogP contribution >= 0.6 is 35.0 Å². The predicted molar refractivity (Wildman–Crippen MR) is 82.9 cm³/mol. The average Bonchev–Trinajstić information content (AvgIpc) is 3.03. The second-order valence-corrected chi connectivity index (χ2v) is 7.35. The summed E-state index contributed by atoms with van der Waals surface area (Å²) in [5.74, 6) is 1.59. The van der Waals surface area contributed by atoms with E-state index in [1.54, 1.807) is 25.1 Å². The Morgan fingerprint density at radius 1 is 1.50 bits per heavy atom. The topological polar surface area (TPSA) is 29.5 Å². The van der Waals surface area contributed by atoms with E-state index in [0.717, 1.165) is 18.7 Å². The first-order valence-corrected chi connectivity index (χ1v) is 8.39. The molecule has 0 spiro atoms. The van der Waals surface area contributed by atoms with Gasteiger partial charge in [-0.1, -0.05) is 23.2 Å². The zero-order valence-electron chi connectivity index (χ0n) is 11.0. The second-order valence-electron chi connectivity index (χ2n) is 5.17. The Morgan fingerprint density at radius 2 is 2.30 bits per heavy atom. The van der Waals surface area contributed by atoms with Crippen molar-refractivity contribution in [1.29, 1.82) is 0 Å². The summed E-state index contributed by atoms with van der Waals surface area (Å²) < 4.78 is 5.69. The van der Waals surface area contributed by atoms with Crippen LogP contribution in [0.1, 0.15) is 13.3 Å². The van der Waals surface area contributed by atoms with Crippen LogP contribution in [-0.4, -0.2) is 40.5 Å². The number of amides is 1. The number of thioether (sulfide) groups is 1. The molecule has 1 aromatic carbocycles. The van der Waals surface area contributed by atoms with Crippen molar-refractivity contribution >= 4 is 40.9 Å². The van der Waals surface area contributed by atoms with E-state index in [4.69, 9.17) is 27.9 Å². The van der Waals surface area contributed by atoms with Crippen LogP contribution in [0.2, 0.25) is 10.0 Å². The molecule has 0 aliphatic carbocycles. The van der Waals surface area contributed by atoms with E-state index in [0.29, 0.717) is 27.1 Å². The molecule has 2 fully saturated rings. The number of benzene rings is 1. The predicted octanol–water partition coefficient (Wildman–Crippen LogP) is 3.48. The van der Waals surface area contributed by atoms with E-state index in [9.17, 15) is 4.79 Å². The lowest BCUT2D eigenvalue weighted by atomic mass is 10.2. The van der Waals surface area contributed by atoms with Gasteiger partial charge in [-0.25, -0.2) is 0 Å². The summed E-state index contributed by atoms with van der Waals surface area (Å²) in [6.07, 6.45) is 0.586. The molecule has 2 saturated heterocycles. The second kappa shape index (κ2) is 5.66. The summed E-state index contributed by atoms with van der Waals surface area (Å²) in [5.41, 5.74) is 0. The molecule has 2 aliphatic rings. The van der Waals surface area contributed by atoms with Crippen molar-refractivity contribution in [1.82, 2.24) is 4.90 Å². The Labute approximate surface area is 132 Å². The van der Waals surface area contributed by atoms with Crippen LogP contribution in [0.5, 0.6) is 5.75 Å². The maximum atomic E-state index is 12.4. The van der Waals surface area contributed by atoms with Gasteiger partial charge in [0.25, 0.3) is 5.91 Å². The van der Waals surface area contributed by atoms with E-state index >= 15 is 0 Å². The zero-order chi connectivity index (χ0) is 14.3. The van der Waals surface area contributed by atoms with Crippen LogP contribution < -0.4 is 4.74 Å². The first-order chi connectivity index (χ1) is 9.54. The lowest BCUT2D eigenvalue weighted by molar-refractivity contribution is -0.138. The van der Waals surface area contributed by atoms with Crippen LogP contribution in [0.3, 0.4) is 0 Å². The van der Waals surface area contributed by atoms with E-state index in [1.807, 2.05) is 16.7 Å². The van der Waals surface area contributed by atoms with Crippen molar-refractivity contribution in [2.24, 2.45) is 0 Å². The zero-order valence-corrected chi connectivity index (χ0v) is 13.3. The van der Waals surface area contributed by atoms with Crippen molar-refractivity contribution in [3.63, 3.8) is 0 Å². The van der Waals surface area contributed by atoms with Gasteiger partial charge in [0.2, 0.25) is 0 Å². The molecule has 0 saturated carbocycles. The first-order valence-electron chi connectivity index (χ1n) is 6.58. The number of likely N-dealkylation sites (tertiary alicyclic amines) is 1. The third-order valence-corrected chi connectivity index (χ3v) is 5.65. The van der Waals surface area contributed by atoms with Crippen molar-refractivity contribution < 1.29 is 9.53 Å². The van der Waals surface area contributed by atoms with Crippen LogP contribution in [0, 0.1) is 0 Å². The molecule has 3 unspecified atom stereocenters. The van der Waals surface area contributed by atoms with Crippen molar-refractivity contribution in [2.45, 2.75) is 30.7 Å². The van der Waals surface area contributed by atoms with Gasteiger partial charge in [0, 0.05) is 28.6 Å². The number of carbonyl (C=O) groups excluding carboxylic acids is 1. The summed E-state index contributed by atoms with van der Waals surface area (Å²) in [6.45, 7) is 2.61. The Balaban J connectivity index is 1.66. The Hall–Kier alpha value is -0.580. The SMILES string of the molecule is CC(Oc1ccc(Cl)cc1Cl)C(=O)N1CC2CC1CS2. The van der Waals surface area contributed by atoms with Gasteiger partial charge in [-0.3, -0.25) is 4.79 Å². The normalized spacial score (nSPS) is 25.9. The number of nitrogens with zero attached hydrogens (tertiary/aromatic N) is 1. The summed E-state index contributed by atoms with van der Waals surface area (Å²) in [4.78, 5) is 14.4. The highest BCUT2D eigenvalue weighted by atomic mass is 35.5. The summed E-state index contributed by atoms with van der Waals surface area (Å²) in [6, 6.07) is 5.39. The Morgan fingerprint density at radius 3 is 2.90 bits per heavy atom. The molecule has 2 bridgehead atoms. The maximum absolute atomic E-state index is 12.4. The monoisotopic (exact) mass is 331 g/mol. The molecule has 3 atom stereocenters. The van der Waals surface area contributed by atoms with E-state index in [-0.39, 0.29) is 5.91 Å². The largest absolute Gasteiger partial charge is 0.479 e. The minimum absolute atomic E-state index is 0.0452. The number of carbonyl (C=O) groups is 1. The van der Waals surface area contributed by atoms with Gasteiger partial charge in [0.1, 0.15) is 5.75 Å². The number of hydrogen-bond acceptors (Lipinski definition) is 3. The van der Waals surface area contributed by atoms with Crippen LogP contribution in [0.25, 0.3) is 0 Å². The molecule has 2 heterocycles. The lowest BCUT2D eigenvalue weighted by Gasteiger charge is -2.29. The molecule has 0 N–H and O–H groups in total. The molecule has 3 nitrogen and oxygen atoms in total. The van der Waals surface area contributed by atoms with Gasteiger partial charge in [-0.05, 0) is 31.5 Å². The molecular formula is C14H15Cl2NO2S. The lowest BCUT2D eigenvalue weighted by Crippen LogP contribution is -2.45. The van der Waals surface area contributed by atoms with Gasteiger partial charge in [-0.15, -0.1) is 0 Å². The van der Waals surface area contributed by atoms with Crippen LogP contribution in [0.15, 0.2) is 18.2 Å². The Bertz CT molecular complexity index is 540. The molecule has 0 aromatic heterocycles. The Kier molecular flexibility index (Phi) is 4.07. The summed E-state index contributed by atoms with van der Waals surface area (Å²) >= 11 is 13.9. The molecule has 108 valence electrons. The molecule has 0 radical (unpaired) electrons. The molecule has 6 heteroatoms. The quantitative estimate of drug-likeness (QED) is 0.849. The van der Waals surface area contributed by atoms with Crippen molar-refractivity contribution in [3.8, 4) is 5.75 Å². The van der Waals surface area contributed by atoms with Crippen LogP contribution in [0.4, 0.5) is 0 Å². The number of rotatable bonds is 3. The standard InChI is InChI=1S/C14H15Cl2NO2S/c1-8(19-13-3-2-9(15)4-12(13)16)14(18)17-6-11-5-10(17)7-20-11/h2-4,8,10-11H,5-7H2,1H3. The number of hydrogen-bond donors (Lipinski definition) is 0. The van der Waals surface area contributed by atoms with Gasteiger partial charge in [0.15, 0.2) is 6.10 Å². The van der Waals surface area contributed by atoms with E-state index in [2.05, 4.69) is 0 Å². The van der Waals surface area contributed by atoms with Gasteiger partial charge in [-0.2, -0.15) is 11.8 Å². The maximum Gasteiger partial charge on any atom is 0.263 e. The highest BCUT2D eigenvalue weighted by molar-refractivity contribution is 8.00. The number of ether oxygens (including phenoxy) is 1. The first kappa shape index (κ1) is 14.4. The smallest absolute Gasteiger partial charge is 0.263 e. The third-order valence-electron chi connectivity index (χ3n) is 3.73. The highest BCUT2D eigenvalue weighted by Gasteiger charge is 2.42. The molecule has 20 heavy (non-hydrogen) atoms. The van der Waals surface area contributed by atoms with Crippen molar-refractivity contribution in [2.75, 3.05) is 12.3 Å². The molecular weight excluding hydrogens is 317 g/mol. The van der Waals surface area contributed by atoms with Crippen molar-refractivity contribution in [3.05, 3.63) is 28.2 Å². The fourth-order valence-electron chi connectivity index (χ4n) is 2.71. The molecule has 2 aliphatic heterocycles. The van der Waals surface area contributed by atoms with E-state index < -0.39 is 6.10 Å². The average molecular weight is 332 g/mol. The third kappa shape index (κ3) is 2.74. The molecule has 3 rings (SSSR count). The van der Waals surface area contributed by atoms with Gasteiger partial charge < -0.3 is 9.64 Å². The van der Waals surface area contributed by atoms with E-state index in [1.165, 1.54) is 0 Å². The fourth-order valence-corrected chi connectivity index (χ4v) is 4.60. The summed E-state index contributed by atoms with van der Waals surface area (Å²) in [5, 5.41) is 1.58. The van der Waals surface area contributed by atoms with Crippen LogP contribution in [-0.2, 0) is 4.79 Å².